The summed E-state index contributed by atoms with van der Waals surface area (Å²) in [5.41, 5.74) is 2.44. The summed E-state index contributed by atoms with van der Waals surface area (Å²) >= 11 is 3.68. The van der Waals surface area contributed by atoms with Crippen LogP contribution in [0.2, 0.25) is 0 Å². The van der Waals surface area contributed by atoms with Crippen molar-refractivity contribution in [3.63, 3.8) is 0 Å². The van der Waals surface area contributed by atoms with Crippen molar-refractivity contribution < 1.29 is 0 Å². The molecule has 102 valence electrons. The quantitative estimate of drug-likeness (QED) is 0.847. The Hall–Kier alpha value is -0.350. The van der Waals surface area contributed by atoms with Crippen LogP contribution in [0.5, 0.6) is 0 Å². The zero-order chi connectivity index (χ0) is 13.1. The molecule has 1 aliphatic rings. The first kappa shape index (κ1) is 14.1. The second kappa shape index (κ2) is 6.20. The van der Waals surface area contributed by atoms with Gasteiger partial charge >= 0.3 is 0 Å². The molecule has 0 saturated carbocycles. The van der Waals surface area contributed by atoms with Crippen molar-refractivity contribution in [2.45, 2.75) is 53.1 Å². The number of aryl methyl sites for hydroxylation is 2. The van der Waals surface area contributed by atoms with Crippen LogP contribution in [0, 0.1) is 12.8 Å². The summed E-state index contributed by atoms with van der Waals surface area (Å²) in [7, 11) is 0. The summed E-state index contributed by atoms with van der Waals surface area (Å²) in [4.78, 5) is 2.57. The van der Waals surface area contributed by atoms with E-state index < -0.39 is 0 Å². The van der Waals surface area contributed by atoms with Gasteiger partial charge in [0.05, 0.1) is 15.9 Å². The summed E-state index contributed by atoms with van der Waals surface area (Å²) in [6, 6.07) is 0. The van der Waals surface area contributed by atoms with Gasteiger partial charge in [-0.05, 0) is 61.6 Å². The summed E-state index contributed by atoms with van der Waals surface area (Å²) in [5.74, 6) is 0.947. The molecular weight excluding hydrogens is 290 g/mol. The molecule has 0 radical (unpaired) electrons. The number of aromatic nitrogens is 2. The molecule has 1 fully saturated rings. The van der Waals surface area contributed by atoms with Gasteiger partial charge < -0.3 is 0 Å². The lowest BCUT2D eigenvalue weighted by molar-refractivity contribution is 0.170. The van der Waals surface area contributed by atoms with Gasteiger partial charge in [0.15, 0.2) is 0 Å². The van der Waals surface area contributed by atoms with E-state index in [0.717, 1.165) is 24.7 Å². The average molecular weight is 314 g/mol. The molecule has 1 aromatic rings. The highest BCUT2D eigenvalue weighted by Crippen LogP contribution is 2.25. The predicted octanol–water partition coefficient (Wildman–Crippen LogP) is 3.60. The smallest absolute Gasteiger partial charge is 0.0739 e. The Morgan fingerprint density at radius 2 is 1.94 bits per heavy atom. The van der Waals surface area contributed by atoms with E-state index in [0.29, 0.717) is 0 Å². The lowest BCUT2D eigenvalue weighted by Crippen LogP contribution is -2.33. The van der Waals surface area contributed by atoms with Gasteiger partial charge in [-0.2, -0.15) is 5.10 Å². The number of hydrogen-bond acceptors (Lipinski definition) is 2. The van der Waals surface area contributed by atoms with Gasteiger partial charge in [-0.25, -0.2) is 0 Å². The molecule has 1 aromatic heterocycles. The first-order valence-corrected chi connectivity index (χ1v) is 7.89. The van der Waals surface area contributed by atoms with E-state index in [2.05, 4.69) is 51.4 Å². The third kappa shape index (κ3) is 2.97. The topological polar surface area (TPSA) is 21.1 Å². The fourth-order valence-electron chi connectivity index (χ4n) is 2.78. The number of nitrogens with zero attached hydrogens (tertiary/aromatic N) is 3. The molecule has 0 unspecified atom stereocenters. The minimum atomic E-state index is 0.947. The Morgan fingerprint density at radius 1 is 1.28 bits per heavy atom. The summed E-state index contributed by atoms with van der Waals surface area (Å²) in [6.45, 7) is 11.0. The Balaban J connectivity index is 2.02. The number of rotatable bonds is 4. The highest BCUT2D eigenvalue weighted by molar-refractivity contribution is 9.10. The molecule has 1 aliphatic heterocycles. The minimum absolute atomic E-state index is 0.947. The Morgan fingerprint density at radius 3 is 2.50 bits per heavy atom. The maximum absolute atomic E-state index is 4.57. The van der Waals surface area contributed by atoms with Crippen LogP contribution in [0.1, 0.15) is 44.5 Å². The van der Waals surface area contributed by atoms with Crippen molar-refractivity contribution in [3.8, 4) is 0 Å². The van der Waals surface area contributed by atoms with Crippen LogP contribution in [-0.2, 0) is 13.1 Å². The molecule has 0 amide bonds. The molecule has 2 heterocycles. The third-order valence-corrected chi connectivity index (χ3v) is 5.14. The fourth-order valence-corrected chi connectivity index (χ4v) is 3.19. The molecular formula is C14H24BrN3. The molecule has 18 heavy (non-hydrogen) atoms. The highest BCUT2D eigenvalue weighted by atomic mass is 79.9. The van der Waals surface area contributed by atoms with Crippen LogP contribution < -0.4 is 0 Å². The van der Waals surface area contributed by atoms with Crippen molar-refractivity contribution in [2.75, 3.05) is 13.1 Å². The van der Waals surface area contributed by atoms with Crippen LogP contribution in [0.15, 0.2) is 4.47 Å². The van der Waals surface area contributed by atoms with Crippen molar-refractivity contribution in [2.24, 2.45) is 5.92 Å². The molecule has 0 aliphatic carbocycles. The highest BCUT2D eigenvalue weighted by Gasteiger charge is 2.20. The van der Waals surface area contributed by atoms with Crippen LogP contribution in [0.3, 0.4) is 0 Å². The van der Waals surface area contributed by atoms with E-state index in [9.17, 15) is 0 Å². The second-order valence-electron chi connectivity index (χ2n) is 5.29. The molecule has 3 nitrogen and oxygen atoms in total. The lowest BCUT2D eigenvalue weighted by Gasteiger charge is -2.31. The zero-order valence-corrected chi connectivity index (χ0v) is 13.3. The van der Waals surface area contributed by atoms with Gasteiger partial charge in [-0.15, -0.1) is 0 Å². The monoisotopic (exact) mass is 313 g/mol. The maximum atomic E-state index is 4.57. The molecule has 0 N–H and O–H groups in total. The SMILES string of the molecule is CCC1CCN(Cc2c(Br)c(C)nn2CC)CC1. The number of piperidine rings is 1. The Labute approximate surface area is 119 Å². The van der Waals surface area contributed by atoms with Gasteiger partial charge in [-0.1, -0.05) is 13.3 Å². The molecule has 4 heteroatoms. The second-order valence-corrected chi connectivity index (χ2v) is 6.08. The molecule has 0 atom stereocenters. The van der Waals surface area contributed by atoms with Crippen molar-refractivity contribution in [1.82, 2.24) is 14.7 Å². The van der Waals surface area contributed by atoms with E-state index in [1.165, 1.54) is 42.5 Å². The van der Waals surface area contributed by atoms with Gasteiger partial charge in [0.25, 0.3) is 0 Å². The van der Waals surface area contributed by atoms with E-state index in [-0.39, 0.29) is 0 Å². The van der Waals surface area contributed by atoms with Crippen LogP contribution in [0.25, 0.3) is 0 Å². The third-order valence-electron chi connectivity index (χ3n) is 4.11. The number of hydrogen-bond donors (Lipinski definition) is 0. The minimum Gasteiger partial charge on any atom is -0.297 e. The first-order valence-electron chi connectivity index (χ1n) is 7.09. The van der Waals surface area contributed by atoms with E-state index >= 15 is 0 Å². The molecule has 0 spiro atoms. The van der Waals surface area contributed by atoms with Gasteiger partial charge in [0.2, 0.25) is 0 Å². The largest absolute Gasteiger partial charge is 0.297 e. The predicted molar refractivity (Wildman–Crippen MR) is 78.6 cm³/mol. The molecule has 0 bridgehead atoms. The zero-order valence-electron chi connectivity index (χ0n) is 11.7. The number of halogens is 1. The van der Waals surface area contributed by atoms with Crippen molar-refractivity contribution in [3.05, 3.63) is 15.9 Å². The van der Waals surface area contributed by atoms with E-state index in [1.807, 2.05) is 0 Å². The van der Waals surface area contributed by atoms with Crippen LogP contribution >= 0.6 is 15.9 Å². The lowest BCUT2D eigenvalue weighted by atomic mass is 9.94. The summed E-state index contributed by atoms with van der Waals surface area (Å²) in [5, 5.41) is 4.57. The molecule has 0 aromatic carbocycles. The first-order chi connectivity index (χ1) is 8.65. The Bertz CT molecular complexity index is 392. The molecule has 2 rings (SSSR count). The summed E-state index contributed by atoms with van der Waals surface area (Å²) in [6.07, 6.45) is 4.05. The van der Waals surface area contributed by atoms with Crippen LogP contribution in [0.4, 0.5) is 0 Å². The van der Waals surface area contributed by atoms with E-state index in [1.54, 1.807) is 0 Å². The fraction of sp³-hybridized carbons (Fsp3) is 0.786. The van der Waals surface area contributed by atoms with Gasteiger partial charge in [0.1, 0.15) is 0 Å². The van der Waals surface area contributed by atoms with Crippen LogP contribution in [-0.4, -0.2) is 27.8 Å². The van der Waals surface area contributed by atoms with E-state index in [4.69, 9.17) is 0 Å². The normalized spacial score (nSPS) is 18.4. The Kier molecular flexibility index (Phi) is 4.84. The number of likely N-dealkylation sites (tertiary alicyclic amines) is 1. The standard InChI is InChI=1S/C14H24BrN3/c1-4-12-6-8-17(9-7-12)10-13-14(15)11(3)16-18(13)5-2/h12H,4-10H2,1-3H3. The molecule has 1 saturated heterocycles. The van der Waals surface area contributed by atoms with Crippen molar-refractivity contribution >= 4 is 15.9 Å². The van der Waals surface area contributed by atoms with Crippen molar-refractivity contribution in [1.29, 1.82) is 0 Å². The van der Waals surface area contributed by atoms with Gasteiger partial charge in [-0.3, -0.25) is 9.58 Å². The summed E-state index contributed by atoms with van der Waals surface area (Å²) < 4.78 is 3.33. The van der Waals surface area contributed by atoms with Gasteiger partial charge in [0, 0.05) is 13.1 Å². The average Bonchev–Trinajstić information content (AvgIpc) is 2.67. The maximum Gasteiger partial charge on any atom is 0.0739 e.